The second-order valence-corrected chi connectivity index (χ2v) is 10.5. The van der Waals surface area contributed by atoms with Crippen LogP contribution in [0.3, 0.4) is 0 Å². The molecule has 3 aliphatic rings. The first-order valence-corrected chi connectivity index (χ1v) is 13.1. The number of carboxylic acid groups (broad SMARTS) is 1. The number of nitrogens with two attached hydrogens (primary N) is 1. The maximum atomic E-state index is 12.3. The van der Waals surface area contributed by atoms with Crippen LogP contribution in [0.2, 0.25) is 11.3 Å². The third-order valence-electron chi connectivity index (χ3n) is 7.81. The summed E-state index contributed by atoms with van der Waals surface area (Å²) in [6.45, 7) is 3.48. The van der Waals surface area contributed by atoms with Gasteiger partial charge in [0.05, 0.1) is 0 Å². The number of aliphatic carboxylic acids is 1. The average molecular weight is 510 g/mol. The molecule has 9 nitrogen and oxygen atoms in total. The minimum Gasteiger partial charge on any atom is -0.479 e. The Hall–Kier alpha value is -1.56. The molecule has 2 atom stereocenters. The van der Waals surface area contributed by atoms with Crippen LogP contribution in [0.4, 0.5) is 0 Å². The monoisotopic (exact) mass is 509 g/mol. The highest BCUT2D eigenvalue weighted by molar-refractivity contribution is 6.40. The fraction of sp³-hybridized carbons (Fsp3) is 0.708. The molecule has 1 aromatic carbocycles. The van der Waals surface area contributed by atoms with Crippen LogP contribution in [-0.2, 0) is 11.3 Å². The molecule has 3 heterocycles. The summed E-state index contributed by atoms with van der Waals surface area (Å²) in [6.07, 6.45) is 6.55. The first kappa shape index (κ1) is 26.5. The highest BCUT2D eigenvalue weighted by atomic mass is 35.5. The summed E-state index contributed by atoms with van der Waals surface area (Å²) in [5, 5.41) is 29.0. The zero-order chi connectivity index (χ0) is 25.0. The number of unbranched alkanes of at least 4 members (excludes halogenated alkanes) is 1. The molecule has 5 N–H and O–H groups in total. The zero-order valence-corrected chi connectivity index (χ0v) is 21.0. The number of piperidine rings is 2. The Morgan fingerprint density at radius 3 is 2.51 bits per heavy atom. The number of likely N-dealkylation sites (tertiary alicyclic amines) is 2. The zero-order valence-electron chi connectivity index (χ0n) is 20.2. The van der Waals surface area contributed by atoms with E-state index in [2.05, 4.69) is 4.90 Å². The summed E-state index contributed by atoms with van der Waals surface area (Å²) in [7, 11) is -1.37. The molecule has 0 radical (unpaired) electrons. The van der Waals surface area contributed by atoms with E-state index < -0.39 is 18.8 Å². The number of fused-ring (bicyclic) bond motifs is 1. The van der Waals surface area contributed by atoms with Crippen molar-refractivity contribution in [3.8, 4) is 11.5 Å². The maximum absolute atomic E-state index is 12.3. The third-order valence-corrected chi connectivity index (χ3v) is 8.17. The number of hydrogen-bond acceptors (Lipinski definition) is 8. The molecule has 3 aliphatic heterocycles. The second-order valence-electron chi connectivity index (χ2n) is 10.1. The fourth-order valence-corrected chi connectivity index (χ4v) is 6.07. The molecule has 0 spiro atoms. The van der Waals surface area contributed by atoms with Gasteiger partial charge in [0, 0.05) is 30.2 Å². The van der Waals surface area contributed by atoms with Gasteiger partial charge in [-0.2, -0.15) is 0 Å². The van der Waals surface area contributed by atoms with E-state index in [1.54, 1.807) is 0 Å². The molecular weight excluding hydrogens is 473 g/mol. The third kappa shape index (κ3) is 6.24. The van der Waals surface area contributed by atoms with Crippen molar-refractivity contribution in [2.45, 2.75) is 75.9 Å². The predicted octanol–water partition coefficient (Wildman–Crippen LogP) is 2.52. The molecule has 0 bridgehead atoms. The first-order valence-electron chi connectivity index (χ1n) is 12.7. The van der Waals surface area contributed by atoms with E-state index in [0.29, 0.717) is 42.5 Å². The van der Waals surface area contributed by atoms with E-state index in [0.717, 1.165) is 63.1 Å². The highest BCUT2D eigenvalue weighted by Crippen LogP contribution is 2.39. The van der Waals surface area contributed by atoms with Crippen molar-refractivity contribution in [2.24, 2.45) is 11.7 Å². The summed E-state index contributed by atoms with van der Waals surface area (Å²) in [5.41, 5.74) is 6.17. The van der Waals surface area contributed by atoms with E-state index in [-0.39, 0.29) is 19.2 Å². The summed E-state index contributed by atoms with van der Waals surface area (Å²) in [4.78, 5) is 16.8. The SMILES string of the molecule is NC(CCCCB(O)O)(C(=O)O)N1CCCCC1C1CCN(Cc2cc3c(cc2Cl)OCO3)CC1. The molecule has 0 amide bonds. The van der Waals surface area contributed by atoms with Gasteiger partial charge in [-0.1, -0.05) is 30.9 Å². The maximum Gasteiger partial charge on any atom is 0.451 e. The summed E-state index contributed by atoms with van der Waals surface area (Å²) in [5.74, 6) is 0.814. The van der Waals surface area contributed by atoms with E-state index in [1.807, 2.05) is 17.0 Å². The van der Waals surface area contributed by atoms with Gasteiger partial charge in [0.25, 0.3) is 0 Å². The molecule has 2 unspecified atom stereocenters. The Labute approximate surface area is 212 Å². The smallest absolute Gasteiger partial charge is 0.451 e. The van der Waals surface area contributed by atoms with Gasteiger partial charge in [-0.25, -0.2) is 4.79 Å². The summed E-state index contributed by atoms with van der Waals surface area (Å²) >= 11 is 6.48. The summed E-state index contributed by atoms with van der Waals surface area (Å²) in [6, 6.07) is 3.93. The van der Waals surface area contributed by atoms with Crippen molar-refractivity contribution in [1.82, 2.24) is 9.80 Å². The van der Waals surface area contributed by atoms with Crippen LogP contribution in [0.1, 0.15) is 56.9 Å². The van der Waals surface area contributed by atoms with Gasteiger partial charge in [-0.3, -0.25) is 9.80 Å². The van der Waals surface area contributed by atoms with Gasteiger partial charge >= 0.3 is 13.1 Å². The molecule has 11 heteroatoms. The lowest BCUT2D eigenvalue weighted by molar-refractivity contribution is -0.157. The van der Waals surface area contributed by atoms with Crippen LogP contribution < -0.4 is 15.2 Å². The minimum absolute atomic E-state index is 0.143. The van der Waals surface area contributed by atoms with Crippen LogP contribution in [0, 0.1) is 5.92 Å². The number of ether oxygens (including phenoxy) is 2. The van der Waals surface area contributed by atoms with Gasteiger partial charge in [-0.05, 0) is 69.1 Å². The van der Waals surface area contributed by atoms with Crippen molar-refractivity contribution in [3.63, 3.8) is 0 Å². The molecular formula is C24H37BClN3O6. The lowest BCUT2D eigenvalue weighted by atomic mass is 9.80. The number of halogens is 1. The van der Waals surface area contributed by atoms with Crippen molar-refractivity contribution in [3.05, 3.63) is 22.7 Å². The fourth-order valence-electron chi connectivity index (χ4n) is 5.85. The molecule has 2 saturated heterocycles. The van der Waals surface area contributed by atoms with Crippen molar-refractivity contribution in [2.75, 3.05) is 26.4 Å². The quantitative estimate of drug-likeness (QED) is 0.278. The van der Waals surface area contributed by atoms with Gasteiger partial charge < -0.3 is 30.4 Å². The Morgan fingerprint density at radius 1 is 1.11 bits per heavy atom. The molecule has 1 aromatic rings. The number of hydrogen-bond donors (Lipinski definition) is 4. The van der Waals surface area contributed by atoms with Gasteiger partial charge in [0.2, 0.25) is 6.79 Å². The average Bonchev–Trinajstić information content (AvgIpc) is 3.29. The lowest BCUT2D eigenvalue weighted by Crippen LogP contribution is -2.67. The number of benzene rings is 1. The molecule has 2 fully saturated rings. The number of carboxylic acids is 1. The topological polar surface area (TPSA) is 129 Å². The predicted molar refractivity (Wildman–Crippen MR) is 133 cm³/mol. The molecule has 35 heavy (non-hydrogen) atoms. The van der Waals surface area contributed by atoms with E-state index in [9.17, 15) is 9.90 Å². The number of rotatable bonds is 10. The first-order chi connectivity index (χ1) is 16.8. The normalized spacial score (nSPS) is 23.3. The number of nitrogens with zero attached hydrogens (tertiary/aromatic N) is 2. The highest BCUT2D eigenvalue weighted by Gasteiger charge is 2.46. The standard InChI is InChI=1S/C24H37BClN3O6/c26-19-14-22-21(34-16-35-22)13-18(19)15-28-11-6-17(7-12-28)20-5-1-4-10-29(20)24(27,23(30)31)8-2-3-9-25(32)33/h13-14,17,20,32-33H,1-12,15-16,27H2,(H,30,31). The number of carbonyl (C=O) groups is 1. The molecule has 0 aromatic heterocycles. The Balaban J connectivity index is 1.37. The molecule has 0 aliphatic carbocycles. The van der Waals surface area contributed by atoms with Gasteiger partial charge in [0.15, 0.2) is 17.2 Å². The largest absolute Gasteiger partial charge is 0.479 e. The molecule has 194 valence electrons. The van der Waals surface area contributed by atoms with E-state index in [4.69, 9.17) is 36.9 Å². The lowest BCUT2D eigenvalue weighted by Gasteiger charge is -2.49. The van der Waals surface area contributed by atoms with Crippen molar-refractivity contribution < 1.29 is 29.4 Å². The summed E-state index contributed by atoms with van der Waals surface area (Å²) < 4.78 is 10.9. The second kappa shape index (κ2) is 11.7. The van der Waals surface area contributed by atoms with Crippen LogP contribution in [0.25, 0.3) is 0 Å². The molecule has 4 rings (SSSR count). The minimum atomic E-state index is -1.43. The van der Waals surface area contributed by atoms with Crippen LogP contribution >= 0.6 is 11.6 Å². The van der Waals surface area contributed by atoms with E-state index in [1.165, 1.54) is 0 Å². The van der Waals surface area contributed by atoms with E-state index >= 15 is 0 Å². The van der Waals surface area contributed by atoms with Crippen molar-refractivity contribution in [1.29, 1.82) is 0 Å². The van der Waals surface area contributed by atoms with Crippen LogP contribution in [0.5, 0.6) is 11.5 Å². The van der Waals surface area contributed by atoms with Crippen molar-refractivity contribution >= 4 is 24.7 Å². The van der Waals surface area contributed by atoms with Gasteiger partial charge in [-0.15, -0.1) is 0 Å². The van der Waals surface area contributed by atoms with Crippen LogP contribution in [-0.4, -0.2) is 76.2 Å². The molecule has 0 saturated carbocycles. The Bertz CT molecular complexity index is 885. The van der Waals surface area contributed by atoms with Gasteiger partial charge in [0.1, 0.15) is 0 Å². The Kier molecular flexibility index (Phi) is 8.83. The van der Waals surface area contributed by atoms with Crippen LogP contribution in [0.15, 0.2) is 12.1 Å². The Morgan fingerprint density at radius 2 is 1.83 bits per heavy atom.